The number of carbonyl (C=O) groups excluding carboxylic acids is 2. The van der Waals surface area contributed by atoms with E-state index in [0.717, 1.165) is 24.0 Å². The summed E-state index contributed by atoms with van der Waals surface area (Å²) in [6, 6.07) is 2.51. The molecule has 26 heavy (non-hydrogen) atoms. The lowest BCUT2D eigenvalue weighted by Crippen LogP contribution is -2.51. The number of hydrogen-bond acceptors (Lipinski definition) is 4. The fraction of sp³-hybridized carbons (Fsp3) is 0.438. The highest BCUT2D eigenvalue weighted by molar-refractivity contribution is 5.97. The highest BCUT2D eigenvalue weighted by Crippen LogP contribution is 2.32. The second kappa shape index (κ2) is 7.32. The molecule has 2 rings (SSSR count). The van der Waals surface area contributed by atoms with Crippen molar-refractivity contribution in [1.82, 2.24) is 4.90 Å². The van der Waals surface area contributed by atoms with Gasteiger partial charge in [-0.05, 0) is 25.1 Å². The van der Waals surface area contributed by atoms with Crippen molar-refractivity contribution in [3.63, 3.8) is 0 Å². The molecule has 2 atom stereocenters. The van der Waals surface area contributed by atoms with E-state index in [-0.39, 0.29) is 24.3 Å². The van der Waals surface area contributed by atoms with Crippen molar-refractivity contribution >= 4 is 23.5 Å². The first-order valence-corrected chi connectivity index (χ1v) is 7.64. The molecule has 1 aromatic rings. The number of rotatable bonds is 3. The van der Waals surface area contributed by atoms with Crippen LogP contribution in [0.25, 0.3) is 0 Å². The number of nitrogens with one attached hydrogen (secondary N) is 1. The number of alkyl halides is 3. The van der Waals surface area contributed by atoms with Crippen LogP contribution >= 0.6 is 0 Å². The molecule has 0 aliphatic carbocycles. The molecular weight excluding hydrogens is 357 g/mol. The normalized spacial score (nSPS) is 20.6. The van der Waals surface area contributed by atoms with E-state index in [4.69, 9.17) is 9.84 Å². The van der Waals surface area contributed by atoms with Gasteiger partial charge < -0.3 is 20.1 Å². The highest BCUT2D eigenvalue weighted by Gasteiger charge is 2.35. The molecule has 0 aromatic heterocycles. The van der Waals surface area contributed by atoms with E-state index in [2.05, 4.69) is 5.32 Å². The maximum Gasteiger partial charge on any atom is 0.416 e. The Kier molecular flexibility index (Phi) is 5.55. The topological polar surface area (TPSA) is 95.9 Å². The number of hydrogen-bond donors (Lipinski definition) is 2. The SMILES string of the molecule is CC(=O)Nc1cc(C(=O)N2CC(C(=O)O)O[C@H](C)C2)cc(C(F)(F)F)c1. The Morgan fingerprint density at radius 1 is 1.23 bits per heavy atom. The second-order valence-electron chi connectivity index (χ2n) is 5.96. The quantitative estimate of drug-likeness (QED) is 0.844. The summed E-state index contributed by atoms with van der Waals surface area (Å²) in [7, 11) is 0. The van der Waals surface area contributed by atoms with Crippen molar-refractivity contribution in [1.29, 1.82) is 0 Å². The number of ether oxygens (including phenoxy) is 1. The lowest BCUT2D eigenvalue weighted by Gasteiger charge is -2.35. The summed E-state index contributed by atoms with van der Waals surface area (Å²) in [6.07, 6.45) is -6.57. The van der Waals surface area contributed by atoms with Crippen molar-refractivity contribution < 1.29 is 37.4 Å². The van der Waals surface area contributed by atoms with Gasteiger partial charge in [-0.25, -0.2) is 4.79 Å². The number of morpholine rings is 1. The van der Waals surface area contributed by atoms with E-state index in [0.29, 0.717) is 6.07 Å². The number of benzene rings is 1. The Morgan fingerprint density at radius 3 is 2.42 bits per heavy atom. The molecule has 0 saturated carbocycles. The van der Waals surface area contributed by atoms with E-state index in [1.165, 1.54) is 0 Å². The molecule has 2 amide bonds. The van der Waals surface area contributed by atoms with Gasteiger partial charge in [-0.15, -0.1) is 0 Å². The number of aliphatic carboxylic acids is 1. The van der Waals surface area contributed by atoms with Crippen molar-refractivity contribution in [2.45, 2.75) is 32.2 Å². The van der Waals surface area contributed by atoms with Crippen LogP contribution in [0, 0.1) is 0 Å². The molecule has 10 heteroatoms. The summed E-state index contributed by atoms with van der Waals surface area (Å²) in [5.74, 6) is -2.63. The van der Waals surface area contributed by atoms with Gasteiger partial charge in [0, 0.05) is 24.7 Å². The molecule has 0 spiro atoms. The standard InChI is InChI=1S/C16H17F3N2O5/c1-8-6-21(7-13(26-8)15(24)25)14(23)10-3-11(16(17,18)19)5-12(4-10)20-9(2)22/h3-5,8,13H,6-7H2,1-2H3,(H,20,22)(H,24,25)/t8-,13?/m1/s1. The average Bonchev–Trinajstić information content (AvgIpc) is 2.51. The number of anilines is 1. The zero-order chi connectivity index (χ0) is 19.6. The predicted octanol–water partition coefficient (Wildman–Crippen LogP) is 1.98. The van der Waals surface area contributed by atoms with Crippen LogP contribution in [0.2, 0.25) is 0 Å². The van der Waals surface area contributed by atoms with Crippen LogP contribution < -0.4 is 5.32 Å². The second-order valence-corrected chi connectivity index (χ2v) is 5.96. The summed E-state index contributed by atoms with van der Waals surface area (Å²) in [5, 5.41) is 11.3. The zero-order valence-corrected chi connectivity index (χ0v) is 14.0. The molecule has 2 N–H and O–H groups in total. The Morgan fingerprint density at radius 2 is 1.88 bits per heavy atom. The van der Waals surface area contributed by atoms with Gasteiger partial charge in [-0.3, -0.25) is 9.59 Å². The minimum Gasteiger partial charge on any atom is -0.479 e. The Hall–Kier alpha value is -2.62. The third kappa shape index (κ3) is 4.72. The number of halogens is 3. The van der Waals surface area contributed by atoms with Gasteiger partial charge in [-0.1, -0.05) is 0 Å². The number of carbonyl (C=O) groups is 3. The zero-order valence-electron chi connectivity index (χ0n) is 14.0. The Bertz CT molecular complexity index is 735. The largest absolute Gasteiger partial charge is 0.479 e. The molecule has 0 radical (unpaired) electrons. The summed E-state index contributed by atoms with van der Waals surface area (Å²) in [4.78, 5) is 36.0. The van der Waals surface area contributed by atoms with Crippen LogP contribution in [0.4, 0.5) is 18.9 Å². The lowest BCUT2D eigenvalue weighted by molar-refractivity contribution is -0.160. The first-order chi connectivity index (χ1) is 12.0. The molecule has 1 fully saturated rings. The predicted molar refractivity (Wildman–Crippen MR) is 83.6 cm³/mol. The van der Waals surface area contributed by atoms with Crippen molar-refractivity contribution in [2.75, 3.05) is 18.4 Å². The Balaban J connectivity index is 2.37. The van der Waals surface area contributed by atoms with Crippen LogP contribution in [-0.2, 0) is 20.5 Å². The molecule has 1 aromatic carbocycles. The molecule has 1 aliphatic rings. The third-order valence-electron chi connectivity index (χ3n) is 3.65. The Labute approximate surface area is 146 Å². The van der Waals surface area contributed by atoms with Gasteiger partial charge in [0.2, 0.25) is 5.91 Å². The maximum absolute atomic E-state index is 13.1. The van der Waals surface area contributed by atoms with E-state index < -0.39 is 41.7 Å². The van der Waals surface area contributed by atoms with Gasteiger partial charge in [0.25, 0.3) is 5.91 Å². The van der Waals surface area contributed by atoms with Crippen LogP contribution in [0.1, 0.15) is 29.8 Å². The highest BCUT2D eigenvalue weighted by atomic mass is 19.4. The molecule has 1 aliphatic heterocycles. The molecular formula is C16H17F3N2O5. The number of carboxylic acids is 1. The van der Waals surface area contributed by atoms with E-state index in [9.17, 15) is 27.6 Å². The average molecular weight is 374 g/mol. The van der Waals surface area contributed by atoms with E-state index in [1.807, 2.05) is 0 Å². The number of amides is 2. The van der Waals surface area contributed by atoms with Crippen LogP contribution in [0.3, 0.4) is 0 Å². The van der Waals surface area contributed by atoms with Crippen LogP contribution in [-0.4, -0.2) is 53.1 Å². The first-order valence-electron chi connectivity index (χ1n) is 7.64. The summed E-state index contributed by atoms with van der Waals surface area (Å²) >= 11 is 0. The molecule has 142 valence electrons. The van der Waals surface area contributed by atoms with Gasteiger partial charge in [0.1, 0.15) is 0 Å². The van der Waals surface area contributed by atoms with Gasteiger partial charge in [0.15, 0.2) is 6.10 Å². The molecule has 1 saturated heterocycles. The van der Waals surface area contributed by atoms with E-state index >= 15 is 0 Å². The lowest BCUT2D eigenvalue weighted by atomic mass is 10.1. The van der Waals surface area contributed by atoms with Gasteiger partial charge >= 0.3 is 12.1 Å². The fourth-order valence-corrected chi connectivity index (χ4v) is 2.63. The van der Waals surface area contributed by atoms with Gasteiger partial charge in [-0.2, -0.15) is 13.2 Å². The van der Waals surface area contributed by atoms with E-state index in [1.54, 1.807) is 6.92 Å². The monoisotopic (exact) mass is 374 g/mol. The first kappa shape index (κ1) is 19.7. The minimum absolute atomic E-state index is 0.0360. The smallest absolute Gasteiger partial charge is 0.416 e. The number of carboxylic acid groups (broad SMARTS) is 1. The third-order valence-corrected chi connectivity index (χ3v) is 3.65. The summed E-state index contributed by atoms with van der Waals surface area (Å²) in [5.41, 5.74) is -1.57. The summed E-state index contributed by atoms with van der Waals surface area (Å²) < 4.78 is 44.4. The van der Waals surface area contributed by atoms with Crippen LogP contribution in [0.5, 0.6) is 0 Å². The number of nitrogens with zero attached hydrogens (tertiary/aromatic N) is 1. The molecule has 0 bridgehead atoms. The molecule has 7 nitrogen and oxygen atoms in total. The molecule has 1 unspecified atom stereocenters. The van der Waals surface area contributed by atoms with Crippen LogP contribution in [0.15, 0.2) is 18.2 Å². The van der Waals surface area contributed by atoms with Gasteiger partial charge in [0.05, 0.1) is 18.2 Å². The van der Waals surface area contributed by atoms with Crippen molar-refractivity contribution in [3.8, 4) is 0 Å². The minimum atomic E-state index is -4.72. The molecule has 1 heterocycles. The maximum atomic E-state index is 13.1. The van der Waals surface area contributed by atoms with Crippen molar-refractivity contribution in [3.05, 3.63) is 29.3 Å². The summed E-state index contributed by atoms with van der Waals surface area (Å²) in [6.45, 7) is 2.44. The van der Waals surface area contributed by atoms with Crippen molar-refractivity contribution in [2.24, 2.45) is 0 Å². The fourth-order valence-electron chi connectivity index (χ4n) is 2.63.